The summed E-state index contributed by atoms with van der Waals surface area (Å²) in [7, 11) is 0. The highest BCUT2D eigenvalue weighted by molar-refractivity contribution is 9.10. The first-order valence-corrected chi connectivity index (χ1v) is 8.05. The Labute approximate surface area is 129 Å². The minimum absolute atomic E-state index is 0.0360. The van der Waals surface area contributed by atoms with E-state index in [1.165, 1.54) is 6.42 Å². The van der Waals surface area contributed by atoms with Crippen molar-refractivity contribution in [2.45, 2.75) is 38.6 Å². The molecule has 2 unspecified atom stereocenters. The molecule has 110 valence electrons. The van der Waals surface area contributed by atoms with Crippen molar-refractivity contribution in [3.8, 4) is 0 Å². The molecule has 1 amide bonds. The quantitative estimate of drug-likeness (QED) is 0.899. The van der Waals surface area contributed by atoms with Gasteiger partial charge in [0.25, 0.3) is 0 Å². The number of benzene rings is 1. The Balaban J connectivity index is 2.15. The number of carbonyl (C=O) groups is 1. The van der Waals surface area contributed by atoms with Gasteiger partial charge < -0.3 is 10.6 Å². The third-order valence-corrected chi connectivity index (χ3v) is 4.72. The van der Waals surface area contributed by atoms with Crippen LogP contribution in [-0.2, 0) is 10.3 Å². The molecule has 3 nitrogen and oxygen atoms in total. The fraction of sp³-hybridized carbons (Fsp3) is 0.562. The van der Waals surface area contributed by atoms with Crippen LogP contribution in [0.15, 0.2) is 28.7 Å². The van der Waals surface area contributed by atoms with Gasteiger partial charge in [-0.3, -0.25) is 4.79 Å². The highest BCUT2D eigenvalue weighted by Crippen LogP contribution is 2.25. The fourth-order valence-electron chi connectivity index (χ4n) is 2.71. The summed E-state index contributed by atoms with van der Waals surface area (Å²) >= 11 is 3.41. The Hall–Kier alpha value is -0.870. The molecule has 1 aliphatic heterocycles. The molecule has 0 radical (unpaired) electrons. The van der Waals surface area contributed by atoms with Crippen LogP contribution in [0.3, 0.4) is 0 Å². The minimum Gasteiger partial charge on any atom is -0.341 e. The van der Waals surface area contributed by atoms with Crippen molar-refractivity contribution in [2.24, 2.45) is 11.7 Å². The minimum atomic E-state index is -0.950. The standard InChI is InChI=1S/C16H23BrN2O/c1-12-4-3-10-19(11-9-12)15(20)16(2,18)13-5-7-14(17)8-6-13/h5-8,12H,3-4,9-11,18H2,1-2H3. The molecule has 1 saturated heterocycles. The zero-order valence-electron chi connectivity index (χ0n) is 12.2. The Morgan fingerprint density at radius 3 is 2.60 bits per heavy atom. The molecule has 0 bridgehead atoms. The third kappa shape index (κ3) is 3.41. The maximum Gasteiger partial charge on any atom is 0.246 e. The maximum atomic E-state index is 12.8. The molecular weight excluding hydrogens is 316 g/mol. The summed E-state index contributed by atoms with van der Waals surface area (Å²) in [4.78, 5) is 14.7. The summed E-state index contributed by atoms with van der Waals surface area (Å²) < 4.78 is 0.994. The van der Waals surface area contributed by atoms with E-state index in [0.717, 1.165) is 36.0 Å². The van der Waals surface area contributed by atoms with Crippen molar-refractivity contribution < 1.29 is 4.79 Å². The Kier molecular flexibility index (Phi) is 4.86. The largest absolute Gasteiger partial charge is 0.341 e. The van der Waals surface area contributed by atoms with Crippen LogP contribution in [0.2, 0.25) is 0 Å². The van der Waals surface area contributed by atoms with E-state index in [0.29, 0.717) is 5.92 Å². The number of halogens is 1. The summed E-state index contributed by atoms with van der Waals surface area (Å²) in [6.07, 6.45) is 3.34. The van der Waals surface area contributed by atoms with E-state index in [-0.39, 0.29) is 5.91 Å². The molecule has 0 aromatic heterocycles. The lowest BCUT2D eigenvalue weighted by atomic mass is 9.91. The van der Waals surface area contributed by atoms with Gasteiger partial charge in [-0.1, -0.05) is 35.0 Å². The maximum absolute atomic E-state index is 12.8. The van der Waals surface area contributed by atoms with Gasteiger partial charge in [-0.2, -0.15) is 0 Å². The van der Waals surface area contributed by atoms with Gasteiger partial charge in [0, 0.05) is 17.6 Å². The predicted molar refractivity (Wildman–Crippen MR) is 85.3 cm³/mol. The van der Waals surface area contributed by atoms with Crippen LogP contribution in [0, 0.1) is 5.92 Å². The van der Waals surface area contributed by atoms with Crippen LogP contribution >= 0.6 is 15.9 Å². The molecule has 0 saturated carbocycles. The fourth-order valence-corrected chi connectivity index (χ4v) is 2.98. The molecule has 20 heavy (non-hydrogen) atoms. The number of likely N-dealkylation sites (tertiary alicyclic amines) is 1. The average Bonchev–Trinajstić information content (AvgIpc) is 2.63. The predicted octanol–water partition coefficient (Wildman–Crippen LogP) is 3.27. The van der Waals surface area contributed by atoms with Crippen LogP contribution < -0.4 is 5.73 Å². The molecule has 4 heteroatoms. The average molecular weight is 339 g/mol. The second kappa shape index (κ2) is 6.27. The van der Waals surface area contributed by atoms with Gasteiger partial charge in [0.2, 0.25) is 5.91 Å². The Morgan fingerprint density at radius 1 is 1.30 bits per heavy atom. The van der Waals surface area contributed by atoms with Crippen LogP contribution in [0.1, 0.15) is 38.7 Å². The zero-order valence-corrected chi connectivity index (χ0v) is 13.8. The van der Waals surface area contributed by atoms with Gasteiger partial charge >= 0.3 is 0 Å². The molecule has 2 N–H and O–H groups in total. The van der Waals surface area contributed by atoms with Crippen LogP contribution in [-0.4, -0.2) is 23.9 Å². The second-order valence-electron chi connectivity index (χ2n) is 6.04. The Morgan fingerprint density at radius 2 is 1.95 bits per heavy atom. The van der Waals surface area contributed by atoms with E-state index in [1.807, 2.05) is 36.1 Å². The van der Waals surface area contributed by atoms with E-state index in [4.69, 9.17) is 5.73 Å². The van der Waals surface area contributed by atoms with Crippen LogP contribution in [0.5, 0.6) is 0 Å². The number of hydrogen-bond acceptors (Lipinski definition) is 2. The molecule has 1 aliphatic rings. The first kappa shape index (κ1) is 15.5. The molecule has 2 atom stereocenters. The van der Waals surface area contributed by atoms with Crippen molar-refractivity contribution in [3.05, 3.63) is 34.3 Å². The monoisotopic (exact) mass is 338 g/mol. The number of amides is 1. The van der Waals surface area contributed by atoms with Crippen molar-refractivity contribution in [3.63, 3.8) is 0 Å². The lowest BCUT2D eigenvalue weighted by Crippen LogP contribution is -2.51. The van der Waals surface area contributed by atoms with Crippen molar-refractivity contribution >= 4 is 21.8 Å². The molecule has 1 aromatic carbocycles. The van der Waals surface area contributed by atoms with Crippen LogP contribution in [0.4, 0.5) is 0 Å². The van der Waals surface area contributed by atoms with E-state index in [1.54, 1.807) is 0 Å². The summed E-state index contributed by atoms with van der Waals surface area (Å²) in [5, 5.41) is 0. The lowest BCUT2D eigenvalue weighted by molar-refractivity contribution is -0.136. The molecular formula is C16H23BrN2O. The summed E-state index contributed by atoms with van der Waals surface area (Å²) in [5.41, 5.74) is 6.26. The molecule has 0 aliphatic carbocycles. The van der Waals surface area contributed by atoms with E-state index in [9.17, 15) is 4.79 Å². The second-order valence-corrected chi connectivity index (χ2v) is 6.95. The highest BCUT2D eigenvalue weighted by atomic mass is 79.9. The number of nitrogens with two attached hydrogens (primary N) is 1. The molecule has 2 rings (SSSR count). The smallest absolute Gasteiger partial charge is 0.246 e. The van der Waals surface area contributed by atoms with E-state index in [2.05, 4.69) is 22.9 Å². The van der Waals surface area contributed by atoms with Gasteiger partial charge in [0.1, 0.15) is 5.54 Å². The number of hydrogen-bond donors (Lipinski definition) is 1. The highest BCUT2D eigenvalue weighted by Gasteiger charge is 2.34. The van der Waals surface area contributed by atoms with Gasteiger partial charge in [-0.15, -0.1) is 0 Å². The molecule has 0 spiro atoms. The molecule has 1 aromatic rings. The SMILES string of the molecule is CC1CCCN(C(=O)C(C)(N)c2ccc(Br)cc2)CC1. The molecule has 1 fully saturated rings. The van der Waals surface area contributed by atoms with Gasteiger partial charge in [0.05, 0.1) is 0 Å². The molecule has 1 heterocycles. The van der Waals surface area contributed by atoms with Crippen molar-refractivity contribution in [1.82, 2.24) is 4.90 Å². The summed E-state index contributed by atoms with van der Waals surface area (Å²) in [5.74, 6) is 0.735. The zero-order chi connectivity index (χ0) is 14.8. The van der Waals surface area contributed by atoms with E-state index >= 15 is 0 Å². The normalized spacial score (nSPS) is 23.0. The first-order valence-electron chi connectivity index (χ1n) is 7.25. The lowest BCUT2D eigenvalue weighted by Gasteiger charge is -2.31. The van der Waals surface area contributed by atoms with Gasteiger partial charge in [-0.05, 0) is 49.8 Å². The first-order chi connectivity index (χ1) is 9.41. The van der Waals surface area contributed by atoms with Crippen molar-refractivity contribution in [1.29, 1.82) is 0 Å². The van der Waals surface area contributed by atoms with Crippen LogP contribution in [0.25, 0.3) is 0 Å². The number of nitrogens with zero attached hydrogens (tertiary/aromatic N) is 1. The number of carbonyl (C=O) groups excluding carboxylic acids is 1. The topological polar surface area (TPSA) is 46.3 Å². The Bertz CT molecular complexity index is 470. The third-order valence-electron chi connectivity index (χ3n) is 4.19. The summed E-state index contributed by atoms with van der Waals surface area (Å²) in [6, 6.07) is 7.70. The number of rotatable bonds is 2. The van der Waals surface area contributed by atoms with Gasteiger partial charge in [-0.25, -0.2) is 0 Å². The van der Waals surface area contributed by atoms with Gasteiger partial charge in [0.15, 0.2) is 0 Å². The van der Waals surface area contributed by atoms with E-state index < -0.39 is 5.54 Å². The van der Waals surface area contributed by atoms with Crippen molar-refractivity contribution in [2.75, 3.05) is 13.1 Å². The summed E-state index contributed by atoms with van der Waals surface area (Å²) in [6.45, 7) is 5.72.